The summed E-state index contributed by atoms with van der Waals surface area (Å²) in [6.07, 6.45) is 1.71. The van der Waals surface area contributed by atoms with Crippen molar-refractivity contribution in [3.63, 3.8) is 0 Å². The lowest BCUT2D eigenvalue weighted by molar-refractivity contribution is 0.476. The number of thiophene rings is 1. The Balaban J connectivity index is 2.01. The molecular weight excluding hydrogens is 368 g/mol. The van der Waals surface area contributed by atoms with Gasteiger partial charge in [0.25, 0.3) is 0 Å². The standard InChI is InChI=1S/C18H18N4O2S2/c1-21(11-6-10-19)26(23,24)17-14-22(13-15-7-3-2-4-8-15)20-18(17)16-9-5-12-25-16/h2-5,7-9,12,14H,6,11,13H2,1H3. The SMILES string of the molecule is CN(CCC#N)S(=O)(=O)c1cn(Cc2ccccc2)nc1-c1cccs1. The van der Waals surface area contributed by atoms with Gasteiger partial charge in [-0.3, -0.25) is 4.68 Å². The van der Waals surface area contributed by atoms with Crippen molar-refractivity contribution in [2.45, 2.75) is 17.9 Å². The van der Waals surface area contributed by atoms with Crippen LogP contribution in [0.2, 0.25) is 0 Å². The van der Waals surface area contributed by atoms with Crippen LogP contribution in [0.4, 0.5) is 0 Å². The van der Waals surface area contributed by atoms with Crippen LogP contribution >= 0.6 is 11.3 Å². The topological polar surface area (TPSA) is 79.0 Å². The minimum Gasteiger partial charge on any atom is -0.266 e. The predicted molar refractivity (Wildman–Crippen MR) is 101 cm³/mol. The molecule has 134 valence electrons. The van der Waals surface area contributed by atoms with Crippen molar-refractivity contribution in [3.8, 4) is 16.6 Å². The van der Waals surface area contributed by atoms with E-state index in [0.29, 0.717) is 12.2 Å². The van der Waals surface area contributed by atoms with E-state index in [1.165, 1.54) is 22.7 Å². The third kappa shape index (κ3) is 3.85. The fraction of sp³-hybridized carbons (Fsp3) is 0.222. The fourth-order valence-electron chi connectivity index (χ4n) is 2.52. The maximum Gasteiger partial charge on any atom is 0.246 e. The van der Waals surface area contributed by atoms with Crippen LogP contribution in [-0.2, 0) is 16.6 Å². The molecule has 0 bridgehead atoms. The van der Waals surface area contributed by atoms with Crippen LogP contribution < -0.4 is 0 Å². The Bertz CT molecular complexity index is 1000. The van der Waals surface area contributed by atoms with E-state index in [0.717, 1.165) is 10.4 Å². The highest BCUT2D eigenvalue weighted by molar-refractivity contribution is 7.89. The van der Waals surface area contributed by atoms with Crippen molar-refractivity contribution in [1.82, 2.24) is 14.1 Å². The number of aromatic nitrogens is 2. The summed E-state index contributed by atoms with van der Waals surface area (Å²) in [7, 11) is -2.25. The van der Waals surface area contributed by atoms with Gasteiger partial charge in [0.05, 0.1) is 17.5 Å². The van der Waals surface area contributed by atoms with E-state index >= 15 is 0 Å². The normalized spacial score (nSPS) is 11.6. The minimum absolute atomic E-state index is 0.141. The molecule has 0 saturated carbocycles. The summed E-state index contributed by atoms with van der Waals surface area (Å²) in [4.78, 5) is 0.959. The number of hydrogen-bond donors (Lipinski definition) is 0. The Hall–Kier alpha value is -2.47. The lowest BCUT2D eigenvalue weighted by Crippen LogP contribution is -2.28. The zero-order valence-electron chi connectivity index (χ0n) is 14.2. The van der Waals surface area contributed by atoms with Gasteiger partial charge in [-0.1, -0.05) is 36.4 Å². The summed E-state index contributed by atoms with van der Waals surface area (Å²) >= 11 is 1.44. The molecule has 26 heavy (non-hydrogen) atoms. The van der Waals surface area contributed by atoms with Gasteiger partial charge < -0.3 is 0 Å². The molecule has 0 fully saturated rings. The molecule has 2 heterocycles. The molecular formula is C18H18N4O2S2. The number of hydrogen-bond acceptors (Lipinski definition) is 5. The molecule has 2 aromatic heterocycles. The van der Waals surface area contributed by atoms with Crippen molar-refractivity contribution < 1.29 is 8.42 Å². The molecule has 0 saturated heterocycles. The van der Waals surface area contributed by atoms with Crippen LogP contribution in [0.5, 0.6) is 0 Å². The monoisotopic (exact) mass is 386 g/mol. The average Bonchev–Trinajstić information content (AvgIpc) is 3.30. The average molecular weight is 387 g/mol. The highest BCUT2D eigenvalue weighted by Gasteiger charge is 2.28. The van der Waals surface area contributed by atoms with E-state index in [4.69, 9.17) is 5.26 Å². The van der Waals surface area contributed by atoms with Crippen molar-refractivity contribution in [1.29, 1.82) is 5.26 Å². The smallest absolute Gasteiger partial charge is 0.246 e. The van der Waals surface area contributed by atoms with Gasteiger partial charge in [0.2, 0.25) is 10.0 Å². The third-order valence-electron chi connectivity index (χ3n) is 3.90. The number of nitriles is 1. The molecule has 0 N–H and O–H groups in total. The lowest BCUT2D eigenvalue weighted by Gasteiger charge is -2.15. The summed E-state index contributed by atoms with van der Waals surface area (Å²) in [5.41, 5.74) is 1.48. The first-order valence-corrected chi connectivity index (χ1v) is 10.3. The predicted octanol–water partition coefficient (Wildman–Crippen LogP) is 3.19. The Kier molecular flexibility index (Phi) is 5.52. The van der Waals surface area contributed by atoms with Gasteiger partial charge in [-0.15, -0.1) is 11.3 Å². The molecule has 8 heteroatoms. The Morgan fingerprint density at radius 2 is 2.00 bits per heavy atom. The fourth-order valence-corrected chi connectivity index (χ4v) is 4.63. The molecule has 3 rings (SSSR count). The van der Waals surface area contributed by atoms with E-state index in [2.05, 4.69) is 5.10 Å². The van der Waals surface area contributed by atoms with Crippen LogP contribution in [0.25, 0.3) is 10.6 Å². The van der Waals surface area contributed by atoms with Gasteiger partial charge in [0.15, 0.2) is 0 Å². The minimum atomic E-state index is -3.73. The van der Waals surface area contributed by atoms with E-state index < -0.39 is 10.0 Å². The number of rotatable bonds is 7. The molecule has 6 nitrogen and oxygen atoms in total. The molecule has 3 aromatic rings. The van der Waals surface area contributed by atoms with E-state index in [-0.39, 0.29) is 17.9 Å². The second-order valence-electron chi connectivity index (χ2n) is 5.74. The Labute approximate surface area is 157 Å². The largest absolute Gasteiger partial charge is 0.266 e. The zero-order valence-corrected chi connectivity index (χ0v) is 15.9. The second kappa shape index (κ2) is 7.83. The van der Waals surface area contributed by atoms with Gasteiger partial charge in [0, 0.05) is 26.2 Å². The van der Waals surface area contributed by atoms with Gasteiger partial charge >= 0.3 is 0 Å². The summed E-state index contributed by atoms with van der Waals surface area (Å²) < 4.78 is 28.8. The van der Waals surface area contributed by atoms with Gasteiger partial charge in [-0.2, -0.15) is 14.7 Å². The van der Waals surface area contributed by atoms with Crippen molar-refractivity contribution in [3.05, 3.63) is 59.6 Å². The van der Waals surface area contributed by atoms with Gasteiger partial charge in [-0.05, 0) is 17.0 Å². The van der Waals surface area contributed by atoms with E-state index in [1.807, 2.05) is 53.9 Å². The highest BCUT2D eigenvalue weighted by atomic mass is 32.2. The van der Waals surface area contributed by atoms with Gasteiger partial charge in [0.1, 0.15) is 10.6 Å². The molecule has 0 amide bonds. The lowest BCUT2D eigenvalue weighted by atomic mass is 10.2. The van der Waals surface area contributed by atoms with Gasteiger partial charge in [-0.25, -0.2) is 8.42 Å². The van der Waals surface area contributed by atoms with Crippen molar-refractivity contribution in [2.24, 2.45) is 0 Å². The quantitative estimate of drug-likeness (QED) is 0.625. The maximum atomic E-state index is 13.0. The van der Waals surface area contributed by atoms with Crippen LogP contribution in [-0.4, -0.2) is 36.1 Å². The van der Waals surface area contributed by atoms with Crippen LogP contribution in [0, 0.1) is 11.3 Å². The van der Waals surface area contributed by atoms with E-state index in [9.17, 15) is 8.42 Å². The molecule has 0 aliphatic rings. The Morgan fingerprint density at radius 3 is 2.65 bits per heavy atom. The molecule has 0 aliphatic heterocycles. The molecule has 0 radical (unpaired) electrons. The first kappa shape index (κ1) is 18.3. The Morgan fingerprint density at radius 1 is 1.23 bits per heavy atom. The van der Waals surface area contributed by atoms with Crippen LogP contribution in [0.3, 0.4) is 0 Å². The number of nitrogens with zero attached hydrogens (tertiary/aromatic N) is 4. The first-order chi connectivity index (χ1) is 12.5. The zero-order chi connectivity index (χ0) is 18.6. The number of sulfonamides is 1. The summed E-state index contributed by atoms with van der Waals surface area (Å²) in [6.45, 7) is 0.628. The van der Waals surface area contributed by atoms with E-state index in [1.54, 1.807) is 10.9 Å². The second-order valence-corrected chi connectivity index (χ2v) is 8.70. The third-order valence-corrected chi connectivity index (χ3v) is 6.63. The van der Waals surface area contributed by atoms with Crippen LogP contribution in [0.1, 0.15) is 12.0 Å². The maximum absolute atomic E-state index is 13.0. The molecule has 1 aromatic carbocycles. The molecule has 0 unspecified atom stereocenters. The highest BCUT2D eigenvalue weighted by Crippen LogP contribution is 2.31. The molecule has 0 aliphatic carbocycles. The summed E-state index contributed by atoms with van der Waals surface area (Å²) in [5, 5.41) is 15.2. The van der Waals surface area contributed by atoms with Crippen molar-refractivity contribution >= 4 is 21.4 Å². The summed E-state index contributed by atoms with van der Waals surface area (Å²) in [5.74, 6) is 0. The molecule has 0 atom stereocenters. The number of benzene rings is 1. The molecule has 0 spiro atoms. The first-order valence-electron chi connectivity index (χ1n) is 8.01. The summed E-state index contributed by atoms with van der Waals surface area (Å²) in [6, 6.07) is 15.5. The van der Waals surface area contributed by atoms with Crippen LogP contribution in [0.15, 0.2) is 58.9 Å². The van der Waals surface area contributed by atoms with Crippen molar-refractivity contribution in [2.75, 3.05) is 13.6 Å².